The summed E-state index contributed by atoms with van der Waals surface area (Å²) in [7, 11) is 0. The lowest BCUT2D eigenvalue weighted by Crippen LogP contribution is -2.51. The number of non-ortho nitro benzene ring substituents is 1. The van der Waals surface area contributed by atoms with Crippen LogP contribution in [0, 0.1) is 16.0 Å². The molecule has 1 N–H and O–H groups in total. The molecule has 4 heterocycles. The molecule has 7 rings (SSSR count). The Hall–Kier alpha value is -4.89. The topological polar surface area (TPSA) is 110 Å². The molecule has 0 saturated carbocycles. The van der Waals surface area contributed by atoms with Gasteiger partial charge in [0.1, 0.15) is 11.5 Å². The molecule has 1 spiro atoms. The van der Waals surface area contributed by atoms with Crippen molar-refractivity contribution >= 4 is 51.9 Å². The second-order valence-electron chi connectivity index (χ2n) is 10.1. The number of anilines is 2. The minimum absolute atomic E-state index is 0.0804. The summed E-state index contributed by atoms with van der Waals surface area (Å²) in [4.78, 5) is 56.8. The van der Waals surface area contributed by atoms with E-state index in [2.05, 4.69) is 5.32 Å². The third-order valence-corrected chi connectivity index (χ3v) is 9.08. The number of nitrogens with one attached hydrogen (secondary N) is 1. The minimum atomic E-state index is -1.46. The molecule has 196 valence electrons. The third kappa shape index (κ3) is 3.21. The molecule has 3 aliphatic heterocycles. The maximum atomic E-state index is 14.7. The van der Waals surface area contributed by atoms with Gasteiger partial charge < -0.3 is 10.2 Å². The smallest absolute Gasteiger partial charge is 0.270 e. The molecular weight excluding hydrogens is 526 g/mol. The Morgan fingerprint density at radius 1 is 0.950 bits per heavy atom. The number of thiophene rings is 1. The molecule has 0 unspecified atom stereocenters. The van der Waals surface area contributed by atoms with Gasteiger partial charge in [0.2, 0.25) is 5.91 Å². The van der Waals surface area contributed by atoms with Gasteiger partial charge in [0, 0.05) is 29.1 Å². The number of carbonyl (C=O) groups is 3. The normalized spacial score (nSPS) is 23.9. The van der Waals surface area contributed by atoms with Crippen molar-refractivity contribution in [1.29, 1.82) is 0 Å². The monoisotopic (exact) mass is 547 g/mol. The van der Waals surface area contributed by atoms with Gasteiger partial charge in [-0.1, -0.05) is 66.7 Å². The molecule has 3 aromatic carbocycles. The molecule has 1 saturated heterocycles. The second kappa shape index (κ2) is 8.82. The summed E-state index contributed by atoms with van der Waals surface area (Å²) >= 11 is 1.28. The number of hydrogen-bond donors (Lipinski definition) is 1. The quantitative estimate of drug-likeness (QED) is 0.200. The lowest BCUT2D eigenvalue weighted by Gasteiger charge is -2.37. The van der Waals surface area contributed by atoms with E-state index in [4.69, 9.17) is 0 Å². The molecule has 0 aliphatic carbocycles. The minimum Gasteiger partial charge on any atom is -0.352 e. The lowest BCUT2D eigenvalue weighted by molar-refractivity contribution is -0.384. The average molecular weight is 548 g/mol. The molecule has 0 radical (unpaired) electrons. The van der Waals surface area contributed by atoms with Gasteiger partial charge in [-0.3, -0.25) is 24.5 Å². The Kier molecular flexibility index (Phi) is 5.33. The van der Waals surface area contributed by atoms with Crippen LogP contribution in [0.5, 0.6) is 0 Å². The van der Waals surface area contributed by atoms with Crippen molar-refractivity contribution < 1.29 is 19.3 Å². The van der Waals surface area contributed by atoms with Gasteiger partial charge in [-0.15, -0.1) is 11.3 Å². The molecule has 1 aromatic heterocycles. The lowest BCUT2D eigenvalue weighted by atomic mass is 9.64. The molecule has 1 amide bonds. The zero-order chi connectivity index (χ0) is 27.6. The molecule has 1 fully saturated rings. The number of para-hydroxylation sites is 2. The van der Waals surface area contributed by atoms with Crippen LogP contribution >= 0.6 is 11.3 Å². The van der Waals surface area contributed by atoms with E-state index >= 15 is 0 Å². The van der Waals surface area contributed by atoms with Crippen LogP contribution in [0.1, 0.15) is 31.2 Å². The van der Waals surface area contributed by atoms with E-state index in [0.717, 1.165) is 11.3 Å². The number of ketones is 2. The van der Waals surface area contributed by atoms with E-state index in [9.17, 15) is 24.5 Å². The Morgan fingerprint density at radius 3 is 2.55 bits per heavy atom. The fourth-order valence-corrected chi connectivity index (χ4v) is 7.33. The number of nitro benzene ring substituents is 1. The van der Waals surface area contributed by atoms with E-state index in [-0.39, 0.29) is 22.9 Å². The summed E-state index contributed by atoms with van der Waals surface area (Å²) in [5.41, 5.74) is 1.21. The van der Waals surface area contributed by atoms with E-state index in [1.807, 2.05) is 59.5 Å². The molecule has 0 bridgehead atoms. The molecule has 9 heteroatoms. The second-order valence-corrected chi connectivity index (χ2v) is 11.0. The van der Waals surface area contributed by atoms with Gasteiger partial charge >= 0.3 is 0 Å². The number of amides is 1. The van der Waals surface area contributed by atoms with E-state index in [1.54, 1.807) is 23.6 Å². The summed E-state index contributed by atoms with van der Waals surface area (Å²) in [5, 5.41) is 16.4. The number of Topliss-reactive ketones (excluding diaryl/α,β-unsaturated/α-hetero) is 2. The number of carbonyl (C=O) groups excluding carboxylic acids is 3. The molecular formula is C31H21N3O5S. The Bertz CT molecular complexity index is 1760. The van der Waals surface area contributed by atoms with Crippen LogP contribution in [0.15, 0.2) is 96.4 Å². The van der Waals surface area contributed by atoms with E-state index in [1.165, 1.54) is 35.6 Å². The standard InChI is InChI=1S/C31H21N3O5S/c35-28(19-8-5-9-20(17-19)34(38)39)26-27(29(36)24-13-6-16-40-24)33-23-12-4-1-7-18(23)14-15-25(33)31(26)21-10-2-3-11-22(21)32-30(31)37/h1-17,25-27H,(H,32,37)/t25-,26+,27-,31+/m0/s1. The fourth-order valence-electron chi connectivity index (χ4n) is 6.64. The first-order valence-corrected chi connectivity index (χ1v) is 13.6. The van der Waals surface area contributed by atoms with Crippen molar-refractivity contribution in [3.05, 3.63) is 128 Å². The highest BCUT2D eigenvalue weighted by molar-refractivity contribution is 7.12. The summed E-state index contributed by atoms with van der Waals surface area (Å²) < 4.78 is 0. The van der Waals surface area contributed by atoms with Crippen molar-refractivity contribution in [2.24, 2.45) is 5.92 Å². The first kappa shape index (κ1) is 24.2. The van der Waals surface area contributed by atoms with Gasteiger partial charge in [0.25, 0.3) is 5.69 Å². The van der Waals surface area contributed by atoms with Crippen LogP contribution in [0.3, 0.4) is 0 Å². The molecule has 8 nitrogen and oxygen atoms in total. The van der Waals surface area contributed by atoms with Crippen LogP contribution in [0.2, 0.25) is 0 Å². The largest absolute Gasteiger partial charge is 0.352 e. The van der Waals surface area contributed by atoms with Gasteiger partial charge in [-0.05, 0) is 34.7 Å². The highest BCUT2D eigenvalue weighted by atomic mass is 32.1. The summed E-state index contributed by atoms with van der Waals surface area (Å²) in [5.74, 6) is -2.32. The van der Waals surface area contributed by atoms with Crippen molar-refractivity contribution in [2.75, 3.05) is 10.2 Å². The predicted molar refractivity (Wildman–Crippen MR) is 152 cm³/mol. The van der Waals surface area contributed by atoms with Crippen LogP contribution < -0.4 is 10.2 Å². The zero-order valence-corrected chi connectivity index (χ0v) is 21.7. The highest BCUT2D eigenvalue weighted by Gasteiger charge is 2.70. The van der Waals surface area contributed by atoms with Crippen LogP contribution in [-0.2, 0) is 10.2 Å². The zero-order valence-electron chi connectivity index (χ0n) is 20.9. The van der Waals surface area contributed by atoms with Gasteiger partial charge in [0.05, 0.1) is 21.8 Å². The summed E-state index contributed by atoms with van der Waals surface area (Å²) in [6.07, 6.45) is 3.83. The van der Waals surface area contributed by atoms with E-state index < -0.39 is 34.1 Å². The summed E-state index contributed by atoms with van der Waals surface area (Å²) in [6.45, 7) is 0. The average Bonchev–Trinajstić information content (AvgIpc) is 3.69. The first-order valence-electron chi connectivity index (χ1n) is 12.8. The molecule has 3 aliphatic rings. The number of nitro groups is 1. The molecule has 40 heavy (non-hydrogen) atoms. The van der Waals surface area contributed by atoms with Crippen molar-refractivity contribution in [1.82, 2.24) is 0 Å². The van der Waals surface area contributed by atoms with Gasteiger partial charge in [-0.2, -0.15) is 0 Å². The van der Waals surface area contributed by atoms with Gasteiger partial charge in [0.15, 0.2) is 11.6 Å². The Balaban J connectivity index is 1.54. The SMILES string of the molecule is O=C(c1cccs1)[C@@H]1[C@H](C(=O)c2cccc([N+](=O)[O-])c2)[C@]2(C(=O)Nc3ccccc32)[C@@H]2C=Cc3ccccc3N12. The maximum absolute atomic E-state index is 14.7. The van der Waals surface area contributed by atoms with E-state index in [0.29, 0.717) is 16.1 Å². The third-order valence-electron chi connectivity index (χ3n) is 8.20. The number of fused-ring (bicyclic) bond motifs is 6. The van der Waals surface area contributed by atoms with Crippen LogP contribution in [-0.4, -0.2) is 34.5 Å². The first-order chi connectivity index (χ1) is 19.4. The number of rotatable bonds is 5. The Labute approximate surface area is 232 Å². The molecule has 4 atom stereocenters. The summed E-state index contributed by atoms with van der Waals surface area (Å²) in [6, 6.07) is 22.1. The number of hydrogen-bond acceptors (Lipinski definition) is 7. The number of benzene rings is 3. The molecule has 4 aromatic rings. The fraction of sp³-hybridized carbons (Fsp3) is 0.129. The van der Waals surface area contributed by atoms with Crippen LogP contribution in [0.4, 0.5) is 17.1 Å². The predicted octanol–water partition coefficient (Wildman–Crippen LogP) is 5.51. The van der Waals surface area contributed by atoms with Crippen LogP contribution in [0.25, 0.3) is 6.08 Å². The highest BCUT2D eigenvalue weighted by Crippen LogP contribution is 2.58. The van der Waals surface area contributed by atoms with Crippen molar-refractivity contribution in [3.63, 3.8) is 0 Å². The number of nitrogens with zero attached hydrogens (tertiary/aromatic N) is 2. The van der Waals surface area contributed by atoms with Gasteiger partial charge in [-0.25, -0.2) is 0 Å². The van der Waals surface area contributed by atoms with Crippen molar-refractivity contribution in [3.8, 4) is 0 Å². The Morgan fingerprint density at radius 2 is 1.75 bits per heavy atom. The van der Waals surface area contributed by atoms with Crippen molar-refractivity contribution in [2.45, 2.75) is 17.5 Å². The maximum Gasteiger partial charge on any atom is 0.270 e.